The fourth-order valence-electron chi connectivity index (χ4n) is 1.28. The highest BCUT2D eigenvalue weighted by molar-refractivity contribution is 7.23. The minimum Gasteiger partial charge on any atom is -0.478 e. The van der Waals surface area contributed by atoms with Gasteiger partial charge in [-0.25, -0.2) is 4.79 Å². The second-order valence-corrected chi connectivity index (χ2v) is 3.73. The maximum absolute atomic E-state index is 10.8. The van der Waals surface area contributed by atoms with Gasteiger partial charge in [-0.05, 0) is 6.07 Å². The van der Waals surface area contributed by atoms with Gasteiger partial charge in [0.15, 0.2) is 0 Å². The highest BCUT2D eigenvalue weighted by Crippen LogP contribution is 2.32. The number of hydrogen-bond donors (Lipinski definition) is 2. The van der Waals surface area contributed by atoms with E-state index in [1.54, 1.807) is 12.1 Å². The van der Waals surface area contributed by atoms with Crippen LogP contribution in [0.5, 0.6) is 0 Å². The number of nitrogen functional groups attached to an aromatic ring is 1. The highest BCUT2D eigenvalue weighted by Gasteiger charge is 2.14. The van der Waals surface area contributed by atoms with Crippen molar-refractivity contribution in [2.45, 2.75) is 13.8 Å². The molecule has 0 saturated heterocycles. The summed E-state index contributed by atoms with van der Waals surface area (Å²) in [5.41, 5.74) is 5.81. The molecule has 0 aliphatic heterocycles. The number of rotatable bonds is 1. The van der Waals surface area contributed by atoms with Gasteiger partial charge in [0.2, 0.25) is 0 Å². The van der Waals surface area contributed by atoms with Crippen LogP contribution in [-0.4, -0.2) is 11.1 Å². The van der Waals surface area contributed by atoms with Gasteiger partial charge >= 0.3 is 5.97 Å². The molecule has 80 valence electrons. The number of carboxylic acid groups (broad SMARTS) is 1. The van der Waals surface area contributed by atoms with Gasteiger partial charge in [0.25, 0.3) is 0 Å². The molecule has 15 heavy (non-hydrogen) atoms. The summed E-state index contributed by atoms with van der Waals surface area (Å²) >= 11 is 1.30. The van der Waals surface area contributed by atoms with Crippen molar-refractivity contribution >= 4 is 32.4 Å². The molecule has 2 rings (SSSR count). The van der Waals surface area contributed by atoms with Crippen molar-refractivity contribution in [3.05, 3.63) is 29.8 Å². The lowest BCUT2D eigenvalue weighted by Crippen LogP contribution is -1.98. The van der Waals surface area contributed by atoms with Crippen LogP contribution in [0, 0.1) is 0 Å². The van der Waals surface area contributed by atoms with Crippen molar-refractivity contribution in [2.24, 2.45) is 0 Å². The molecule has 2 aromatic rings. The summed E-state index contributed by atoms with van der Waals surface area (Å²) in [5.74, 6) is -0.963. The summed E-state index contributed by atoms with van der Waals surface area (Å²) in [6.45, 7) is 4.00. The number of benzene rings is 1. The molecule has 0 bridgehead atoms. The topological polar surface area (TPSA) is 63.3 Å². The lowest BCUT2D eigenvalue weighted by Gasteiger charge is -1.91. The van der Waals surface area contributed by atoms with Crippen molar-refractivity contribution in [1.29, 1.82) is 0 Å². The van der Waals surface area contributed by atoms with Gasteiger partial charge in [-0.15, -0.1) is 11.3 Å². The Kier molecular flexibility index (Phi) is 3.68. The minimum absolute atomic E-state index is 0.223. The van der Waals surface area contributed by atoms with Crippen LogP contribution in [-0.2, 0) is 0 Å². The predicted octanol–water partition coefficient (Wildman–Crippen LogP) is 3.21. The fraction of sp³-hybridized carbons (Fsp3) is 0.182. The van der Waals surface area contributed by atoms with Gasteiger partial charge < -0.3 is 10.8 Å². The molecule has 0 fully saturated rings. The molecular weight excluding hydrogens is 210 g/mol. The van der Waals surface area contributed by atoms with Gasteiger partial charge in [0, 0.05) is 10.1 Å². The molecule has 0 aliphatic rings. The Morgan fingerprint density at radius 2 is 1.93 bits per heavy atom. The smallest absolute Gasteiger partial charge is 0.339 e. The number of fused-ring (bicyclic) bond motifs is 1. The third-order valence-electron chi connectivity index (χ3n) is 1.84. The predicted molar refractivity (Wildman–Crippen MR) is 64.5 cm³/mol. The van der Waals surface area contributed by atoms with E-state index in [9.17, 15) is 4.79 Å². The zero-order valence-corrected chi connectivity index (χ0v) is 9.47. The molecule has 1 heterocycles. The zero-order valence-electron chi connectivity index (χ0n) is 8.65. The Hall–Kier alpha value is -1.55. The van der Waals surface area contributed by atoms with Gasteiger partial charge in [0.05, 0.1) is 0 Å². The molecule has 3 nitrogen and oxygen atoms in total. The van der Waals surface area contributed by atoms with Crippen LogP contribution in [0.25, 0.3) is 10.1 Å². The van der Waals surface area contributed by atoms with Crippen molar-refractivity contribution in [1.82, 2.24) is 0 Å². The summed E-state index contributed by atoms with van der Waals surface area (Å²) in [5, 5.41) is 9.97. The lowest BCUT2D eigenvalue weighted by atomic mass is 10.2. The average molecular weight is 223 g/mol. The van der Waals surface area contributed by atoms with Crippen LogP contribution < -0.4 is 5.73 Å². The number of hydrogen-bond acceptors (Lipinski definition) is 3. The zero-order chi connectivity index (χ0) is 11.4. The van der Waals surface area contributed by atoms with Crippen LogP contribution in [0.2, 0.25) is 0 Å². The van der Waals surface area contributed by atoms with Gasteiger partial charge in [-0.3, -0.25) is 0 Å². The lowest BCUT2D eigenvalue weighted by molar-refractivity contribution is 0.0700. The Labute approximate surface area is 92.1 Å². The summed E-state index contributed by atoms with van der Waals surface area (Å²) in [6.07, 6.45) is 0. The van der Waals surface area contributed by atoms with Gasteiger partial charge in [0.1, 0.15) is 10.6 Å². The summed E-state index contributed by atoms with van der Waals surface area (Å²) in [4.78, 5) is 10.8. The van der Waals surface area contributed by atoms with Crippen molar-refractivity contribution < 1.29 is 9.90 Å². The van der Waals surface area contributed by atoms with E-state index in [0.29, 0.717) is 5.00 Å². The van der Waals surface area contributed by atoms with E-state index in [-0.39, 0.29) is 5.56 Å². The maximum atomic E-state index is 10.8. The summed E-state index contributed by atoms with van der Waals surface area (Å²) < 4.78 is 0.914. The Bertz CT molecular complexity index is 476. The normalized spacial score (nSPS) is 9.47. The maximum Gasteiger partial charge on any atom is 0.339 e. The SMILES string of the molecule is CC.Nc1sc2ccccc2c1C(=O)O. The molecule has 0 saturated carbocycles. The molecule has 1 aromatic carbocycles. The first-order valence-electron chi connectivity index (χ1n) is 4.70. The molecule has 1 aromatic heterocycles. The molecule has 0 unspecified atom stereocenters. The summed E-state index contributed by atoms with van der Waals surface area (Å²) in [6, 6.07) is 7.30. The van der Waals surface area contributed by atoms with Crippen molar-refractivity contribution in [3.63, 3.8) is 0 Å². The average Bonchev–Trinajstić information content (AvgIpc) is 2.56. The van der Waals surface area contributed by atoms with Crippen LogP contribution >= 0.6 is 11.3 Å². The van der Waals surface area contributed by atoms with Crippen LogP contribution in [0.3, 0.4) is 0 Å². The number of aromatic carboxylic acids is 1. The first-order valence-corrected chi connectivity index (χ1v) is 5.52. The Morgan fingerprint density at radius 1 is 1.33 bits per heavy atom. The number of nitrogens with two attached hydrogens (primary N) is 1. The first-order chi connectivity index (χ1) is 7.20. The van der Waals surface area contributed by atoms with E-state index in [0.717, 1.165) is 10.1 Å². The largest absolute Gasteiger partial charge is 0.478 e. The van der Waals surface area contributed by atoms with Crippen molar-refractivity contribution in [3.8, 4) is 0 Å². The third-order valence-corrected chi connectivity index (χ3v) is 2.84. The first kappa shape index (κ1) is 11.5. The quantitative estimate of drug-likeness (QED) is 0.780. The fourth-order valence-corrected chi connectivity index (χ4v) is 2.25. The van der Waals surface area contributed by atoms with Crippen LogP contribution in [0.4, 0.5) is 5.00 Å². The highest BCUT2D eigenvalue weighted by atomic mass is 32.1. The number of anilines is 1. The molecule has 0 spiro atoms. The molecule has 4 heteroatoms. The van der Waals surface area contributed by atoms with E-state index in [4.69, 9.17) is 10.8 Å². The second kappa shape index (κ2) is 4.79. The number of carboxylic acids is 1. The van der Waals surface area contributed by atoms with E-state index in [1.807, 2.05) is 26.0 Å². The second-order valence-electron chi connectivity index (χ2n) is 2.64. The number of carbonyl (C=O) groups is 1. The van der Waals surface area contributed by atoms with Crippen LogP contribution in [0.1, 0.15) is 24.2 Å². The minimum atomic E-state index is -0.963. The number of thiophene rings is 1. The van der Waals surface area contributed by atoms with Crippen molar-refractivity contribution in [2.75, 3.05) is 5.73 Å². The van der Waals surface area contributed by atoms with E-state index < -0.39 is 5.97 Å². The van der Waals surface area contributed by atoms with Gasteiger partial charge in [-0.2, -0.15) is 0 Å². The Morgan fingerprint density at radius 3 is 2.53 bits per heavy atom. The summed E-state index contributed by atoms with van der Waals surface area (Å²) in [7, 11) is 0. The standard InChI is InChI=1S/C9H7NO2S.C2H6/c10-8-7(9(11)12)5-3-1-2-4-6(5)13-8;1-2/h1-4H,10H2,(H,11,12);1-2H3. The molecule has 0 aliphatic carbocycles. The molecule has 0 radical (unpaired) electrons. The van der Waals surface area contributed by atoms with Crippen LogP contribution in [0.15, 0.2) is 24.3 Å². The van der Waals surface area contributed by atoms with E-state index in [2.05, 4.69) is 0 Å². The van der Waals surface area contributed by atoms with Gasteiger partial charge in [-0.1, -0.05) is 32.0 Å². The van der Waals surface area contributed by atoms with E-state index >= 15 is 0 Å². The Balaban J connectivity index is 0.000000531. The molecule has 3 N–H and O–H groups in total. The molecule has 0 amide bonds. The molecular formula is C11H13NO2S. The monoisotopic (exact) mass is 223 g/mol. The molecule has 0 atom stereocenters. The van der Waals surface area contributed by atoms with E-state index in [1.165, 1.54) is 11.3 Å². The third kappa shape index (κ3) is 2.10.